The van der Waals surface area contributed by atoms with Crippen molar-refractivity contribution in [2.75, 3.05) is 5.32 Å². The molecule has 1 amide bonds. The van der Waals surface area contributed by atoms with Crippen LogP contribution in [0.2, 0.25) is 0 Å². The van der Waals surface area contributed by atoms with Crippen LogP contribution in [0, 0.1) is 26.6 Å². The third-order valence-electron chi connectivity index (χ3n) is 4.47. The van der Waals surface area contributed by atoms with Crippen molar-refractivity contribution in [1.82, 2.24) is 0 Å². The van der Waals surface area contributed by atoms with E-state index in [0.717, 1.165) is 22.5 Å². The van der Waals surface area contributed by atoms with E-state index < -0.39 is 18.0 Å². The van der Waals surface area contributed by atoms with Crippen LogP contribution >= 0.6 is 11.3 Å². The van der Waals surface area contributed by atoms with Crippen LogP contribution in [-0.2, 0) is 9.53 Å². The minimum Gasteiger partial charge on any atom is -0.448 e. The van der Waals surface area contributed by atoms with Crippen molar-refractivity contribution in [3.8, 4) is 0 Å². The molecule has 0 radical (unpaired) electrons. The first kappa shape index (κ1) is 19.0. The molecular formula is C21H20FNO3S. The molecule has 3 aromatic rings. The molecule has 1 N–H and O–H groups in total. The van der Waals surface area contributed by atoms with Crippen LogP contribution in [0.15, 0.2) is 36.4 Å². The summed E-state index contributed by atoms with van der Waals surface area (Å²) in [5.41, 5.74) is 3.10. The summed E-state index contributed by atoms with van der Waals surface area (Å²) in [5, 5.41) is 3.23. The van der Waals surface area contributed by atoms with Gasteiger partial charge in [0.05, 0.1) is 0 Å². The molecule has 0 aliphatic rings. The number of thiophene rings is 1. The largest absolute Gasteiger partial charge is 0.448 e. The van der Waals surface area contributed by atoms with Crippen molar-refractivity contribution in [2.24, 2.45) is 0 Å². The number of hydrogen-bond acceptors (Lipinski definition) is 4. The normalized spacial score (nSPS) is 12.0. The SMILES string of the molecule is Cc1cccc(C)c1NC(=O)[C@@H](C)OC(=O)c1sc2cccc(F)c2c1C. The highest BCUT2D eigenvalue weighted by Crippen LogP contribution is 2.33. The highest BCUT2D eigenvalue weighted by molar-refractivity contribution is 7.21. The topological polar surface area (TPSA) is 55.4 Å². The summed E-state index contributed by atoms with van der Waals surface area (Å²) in [6.07, 6.45) is -0.981. The first-order chi connectivity index (χ1) is 12.8. The van der Waals surface area contributed by atoms with E-state index in [2.05, 4.69) is 5.32 Å². The summed E-state index contributed by atoms with van der Waals surface area (Å²) in [5.74, 6) is -1.41. The van der Waals surface area contributed by atoms with Crippen molar-refractivity contribution in [3.05, 3.63) is 63.8 Å². The van der Waals surface area contributed by atoms with Crippen molar-refractivity contribution in [2.45, 2.75) is 33.8 Å². The number of halogens is 1. The number of para-hydroxylation sites is 1. The molecule has 1 heterocycles. The van der Waals surface area contributed by atoms with Gasteiger partial charge in [0.25, 0.3) is 5.91 Å². The maximum absolute atomic E-state index is 14.0. The summed E-state index contributed by atoms with van der Waals surface area (Å²) in [4.78, 5) is 25.3. The van der Waals surface area contributed by atoms with Crippen molar-refractivity contribution < 1.29 is 18.7 Å². The Kier molecular flexibility index (Phi) is 5.28. The molecule has 0 aliphatic heterocycles. The van der Waals surface area contributed by atoms with E-state index in [1.54, 1.807) is 19.1 Å². The number of hydrogen-bond donors (Lipinski definition) is 1. The molecule has 0 saturated carbocycles. The summed E-state index contributed by atoms with van der Waals surface area (Å²) in [7, 11) is 0. The molecule has 0 aliphatic carbocycles. The van der Waals surface area contributed by atoms with E-state index >= 15 is 0 Å². The van der Waals surface area contributed by atoms with Crippen LogP contribution in [0.3, 0.4) is 0 Å². The zero-order valence-electron chi connectivity index (χ0n) is 15.6. The predicted molar refractivity (Wildman–Crippen MR) is 106 cm³/mol. The molecule has 0 spiro atoms. The van der Waals surface area contributed by atoms with Crippen LogP contribution in [0.5, 0.6) is 0 Å². The molecule has 1 aromatic heterocycles. The first-order valence-electron chi connectivity index (χ1n) is 8.55. The molecule has 0 fully saturated rings. The molecule has 140 valence electrons. The molecular weight excluding hydrogens is 365 g/mol. The van der Waals surface area contributed by atoms with Gasteiger partial charge in [-0.25, -0.2) is 9.18 Å². The Hall–Kier alpha value is -2.73. The third kappa shape index (κ3) is 3.71. The fourth-order valence-corrected chi connectivity index (χ4v) is 4.06. The van der Waals surface area contributed by atoms with Crippen LogP contribution in [0.1, 0.15) is 33.3 Å². The van der Waals surface area contributed by atoms with E-state index in [1.165, 1.54) is 13.0 Å². The van der Waals surface area contributed by atoms with E-state index in [4.69, 9.17) is 4.74 Å². The molecule has 0 saturated heterocycles. The standard InChI is InChI=1S/C21H20FNO3S/c1-11-7-5-8-12(2)18(11)23-20(24)14(4)26-21(25)19-13(3)17-15(22)9-6-10-16(17)27-19/h5-10,14H,1-4H3,(H,23,24)/t14-/m1/s1. The van der Waals surface area contributed by atoms with Gasteiger partial charge < -0.3 is 10.1 Å². The summed E-state index contributed by atoms with van der Waals surface area (Å²) < 4.78 is 20.0. The van der Waals surface area contributed by atoms with Gasteiger partial charge in [0, 0.05) is 15.8 Å². The Balaban J connectivity index is 1.77. The second-order valence-corrected chi connectivity index (χ2v) is 7.52. The zero-order chi connectivity index (χ0) is 19.7. The van der Waals surface area contributed by atoms with E-state index in [0.29, 0.717) is 26.2 Å². The van der Waals surface area contributed by atoms with Gasteiger partial charge in [0.1, 0.15) is 10.7 Å². The Morgan fingerprint density at radius 2 is 1.70 bits per heavy atom. The van der Waals surface area contributed by atoms with Gasteiger partial charge in [-0.05, 0) is 56.5 Å². The second-order valence-electron chi connectivity index (χ2n) is 6.47. The number of fused-ring (bicyclic) bond motifs is 1. The van der Waals surface area contributed by atoms with Gasteiger partial charge in [-0.1, -0.05) is 24.3 Å². The summed E-state index contributed by atoms with van der Waals surface area (Å²) in [6.45, 7) is 6.99. The lowest BCUT2D eigenvalue weighted by Crippen LogP contribution is -2.30. The van der Waals surface area contributed by atoms with Gasteiger partial charge >= 0.3 is 5.97 Å². The lowest BCUT2D eigenvalue weighted by Gasteiger charge is -2.16. The van der Waals surface area contributed by atoms with E-state index in [9.17, 15) is 14.0 Å². The highest BCUT2D eigenvalue weighted by Gasteiger charge is 2.24. The number of nitrogens with one attached hydrogen (secondary N) is 1. The monoisotopic (exact) mass is 385 g/mol. The second kappa shape index (κ2) is 7.48. The van der Waals surface area contributed by atoms with Gasteiger partial charge in [-0.3, -0.25) is 4.79 Å². The van der Waals surface area contributed by atoms with Gasteiger partial charge in [-0.15, -0.1) is 11.3 Å². The van der Waals surface area contributed by atoms with Crippen molar-refractivity contribution in [1.29, 1.82) is 0 Å². The number of esters is 1. The Morgan fingerprint density at radius 3 is 2.33 bits per heavy atom. The van der Waals surface area contributed by atoms with Crippen molar-refractivity contribution >= 4 is 39.0 Å². The number of rotatable bonds is 4. The molecule has 1 atom stereocenters. The van der Waals surface area contributed by atoms with Gasteiger partial charge in [0.15, 0.2) is 6.10 Å². The van der Waals surface area contributed by atoms with Gasteiger partial charge in [0.2, 0.25) is 0 Å². The van der Waals surface area contributed by atoms with Crippen LogP contribution < -0.4 is 5.32 Å². The number of anilines is 1. The highest BCUT2D eigenvalue weighted by atomic mass is 32.1. The Labute approximate surface area is 161 Å². The minimum absolute atomic E-state index is 0.307. The lowest BCUT2D eigenvalue weighted by atomic mass is 10.1. The first-order valence-corrected chi connectivity index (χ1v) is 9.37. The lowest BCUT2D eigenvalue weighted by molar-refractivity contribution is -0.123. The molecule has 2 aromatic carbocycles. The quantitative estimate of drug-likeness (QED) is 0.632. The van der Waals surface area contributed by atoms with Crippen LogP contribution in [0.25, 0.3) is 10.1 Å². The van der Waals surface area contributed by atoms with Crippen molar-refractivity contribution in [3.63, 3.8) is 0 Å². The molecule has 4 nitrogen and oxygen atoms in total. The summed E-state index contributed by atoms with van der Waals surface area (Å²) in [6, 6.07) is 10.4. The number of amides is 1. The van der Waals surface area contributed by atoms with Crippen LogP contribution in [0.4, 0.5) is 10.1 Å². The zero-order valence-corrected chi connectivity index (χ0v) is 16.4. The smallest absolute Gasteiger partial charge is 0.349 e. The Bertz CT molecular complexity index is 1020. The molecule has 0 bridgehead atoms. The summed E-state index contributed by atoms with van der Waals surface area (Å²) >= 11 is 1.16. The molecule has 27 heavy (non-hydrogen) atoms. The molecule has 0 unspecified atom stereocenters. The fourth-order valence-electron chi connectivity index (χ4n) is 2.95. The fraction of sp³-hybridized carbons (Fsp3) is 0.238. The number of aryl methyl sites for hydroxylation is 3. The van der Waals surface area contributed by atoms with Crippen LogP contribution in [-0.4, -0.2) is 18.0 Å². The minimum atomic E-state index is -0.981. The van der Waals surface area contributed by atoms with E-state index in [1.807, 2.05) is 32.0 Å². The maximum atomic E-state index is 14.0. The Morgan fingerprint density at radius 1 is 1.07 bits per heavy atom. The van der Waals surface area contributed by atoms with Gasteiger partial charge in [-0.2, -0.15) is 0 Å². The van der Waals surface area contributed by atoms with E-state index in [-0.39, 0.29) is 5.82 Å². The third-order valence-corrected chi connectivity index (χ3v) is 5.71. The number of carbonyl (C=O) groups is 2. The molecule has 3 rings (SSSR count). The maximum Gasteiger partial charge on any atom is 0.349 e. The molecule has 6 heteroatoms. The average molecular weight is 385 g/mol. The number of carbonyl (C=O) groups excluding carboxylic acids is 2. The number of ether oxygens (including phenoxy) is 1. The average Bonchev–Trinajstić information content (AvgIpc) is 2.96. The number of benzene rings is 2. The predicted octanol–water partition coefficient (Wildman–Crippen LogP) is 5.15.